The molecule has 1 heterocycles. The summed E-state index contributed by atoms with van der Waals surface area (Å²) in [5.41, 5.74) is 0.504. The number of amides is 3. The minimum atomic E-state index is -0.433. The summed E-state index contributed by atoms with van der Waals surface area (Å²) in [6.07, 6.45) is 1.33. The van der Waals surface area contributed by atoms with Crippen LogP contribution in [0.4, 0.5) is 4.39 Å². The monoisotopic (exact) mass is 421 g/mol. The zero-order valence-electron chi connectivity index (χ0n) is 17.4. The first kappa shape index (κ1) is 23.3. The van der Waals surface area contributed by atoms with Gasteiger partial charge in [0.05, 0.1) is 32.0 Å². The Bertz CT molecular complexity index is 786. The van der Waals surface area contributed by atoms with Crippen LogP contribution in [-0.4, -0.2) is 73.3 Å². The Labute approximate surface area is 175 Å². The van der Waals surface area contributed by atoms with Crippen LogP contribution in [-0.2, 0) is 30.3 Å². The number of likely N-dealkylation sites (N-methyl/N-ethyl adjacent to an activating group) is 1. The minimum Gasteiger partial charge on any atom is -0.466 e. The number of rotatable bonds is 8. The smallest absolute Gasteiger partial charge is 0.310 e. The number of carbonyl (C=O) groups is 4. The van der Waals surface area contributed by atoms with E-state index in [9.17, 15) is 23.6 Å². The molecule has 1 saturated heterocycles. The molecule has 1 aliphatic rings. The van der Waals surface area contributed by atoms with Gasteiger partial charge in [-0.15, -0.1) is 0 Å². The summed E-state index contributed by atoms with van der Waals surface area (Å²) < 4.78 is 18.2. The third-order valence-electron chi connectivity index (χ3n) is 4.88. The maximum absolute atomic E-state index is 13.2. The molecule has 0 aromatic heterocycles. The van der Waals surface area contributed by atoms with Gasteiger partial charge in [0, 0.05) is 20.1 Å². The number of piperidine rings is 1. The molecule has 0 spiro atoms. The van der Waals surface area contributed by atoms with Gasteiger partial charge < -0.3 is 19.9 Å². The van der Waals surface area contributed by atoms with Gasteiger partial charge in [-0.1, -0.05) is 12.1 Å². The largest absolute Gasteiger partial charge is 0.466 e. The number of hydrogen-bond acceptors (Lipinski definition) is 5. The van der Waals surface area contributed by atoms with Gasteiger partial charge in [-0.2, -0.15) is 0 Å². The predicted molar refractivity (Wildman–Crippen MR) is 107 cm³/mol. The third kappa shape index (κ3) is 7.13. The Morgan fingerprint density at radius 1 is 1.30 bits per heavy atom. The van der Waals surface area contributed by atoms with Crippen molar-refractivity contribution >= 4 is 23.7 Å². The number of halogens is 1. The molecule has 1 aromatic carbocycles. The molecule has 0 radical (unpaired) electrons. The van der Waals surface area contributed by atoms with Crippen molar-refractivity contribution in [2.24, 2.45) is 5.92 Å². The highest BCUT2D eigenvalue weighted by Crippen LogP contribution is 2.18. The molecule has 1 N–H and O–H groups in total. The van der Waals surface area contributed by atoms with E-state index < -0.39 is 17.6 Å². The Kier molecular flexibility index (Phi) is 8.76. The summed E-state index contributed by atoms with van der Waals surface area (Å²) in [6, 6.07) is 5.68. The SMILES string of the molecule is CCOC(=O)C1CCCN(C(=O)CN(C)C(=O)CNC(=O)Cc2cccc(F)c2)C1. The molecule has 1 fully saturated rings. The van der Waals surface area contributed by atoms with Crippen LogP contribution in [0.1, 0.15) is 25.3 Å². The van der Waals surface area contributed by atoms with Gasteiger partial charge in [0.1, 0.15) is 5.82 Å². The van der Waals surface area contributed by atoms with Gasteiger partial charge in [-0.3, -0.25) is 19.2 Å². The van der Waals surface area contributed by atoms with Gasteiger partial charge in [-0.25, -0.2) is 4.39 Å². The first-order valence-corrected chi connectivity index (χ1v) is 9.99. The average Bonchev–Trinajstić information content (AvgIpc) is 2.72. The van der Waals surface area contributed by atoms with Gasteiger partial charge >= 0.3 is 5.97 Å². The van der Waals surface area contributed by atoms with Crippen LogP contribution in [0.15, 0.2) is 24.3 Å². The fraction of sp³-hybridized carbons (Fsp3) is 0.524. The van der Waals surface area contributed by atoms with Gasteiger partial charge in [-0.05, 0) is 37.5 Å². The van der Waals surface area contributed by atoms with E-state index in [-0.39, 0.29) is 43.8 Å². The molecular weight excluding hydrogens is 393 g/mol. The molecule has 30 heavy (non-hydrogen) atoms. The number of nitrogens with one attached hydrogen (secondary N) is 1. The lowest BCUT2D eigenvalue weighted by Crippen LogP contribution is -2.48. The van der Waals surface area contributed by atoms with Crippen LogP contribution in [0.3, 0.4) is 0 Å². The Balaban J connectivity index is 1.77. The number of likely N-dealkylation sites (tertiary alicyclic amines) is 1. The van der Waals surface area contributed by atoms with E-state index in [2.05, 4.69) is 5.32 Å². The standard InChI is InChI=1S/C21H28FN3O5/c1-3-30-21(29)16-7-5-9-25(13-16)20(28)14-24(2)19(27)12-23-18(26)11-15-6-4-8-17(22)10-15/h4,6,8,10,16H,3,5,7,9,11-14H2,1-2H3,(H,23,26). The normalized spacial score (nSPS) is 16.0. The van der Waals surface area contributed by atoms with Crippen molar-refractivity contribution in [3.8, 4) is 0 Å². The van der Waals surface area contributed by atoms with E-state index in [1.54, 1.807) is 17.9 Å². The highest BCUT2D eigenvalue weighted by Gasteiger charge is 2.30. The second kappa shape index (κ2) is 11.3. The van der Waals surface area contributed by atoms with Crippen molar-refractivity contribution in [3.63, 3.8) is 0 Å². The number of carbonyl (C=O) groups excluding carboxylic acids is 4. The van der Waals surface area contributed by atoms with E-state index in [1.165, 1.54) is 30.1 Å². The molecule has 3 amide bonds. The van der Waals surface area contributed by atoms with Gasteiger partial charge in [0.25, 0.3) is 0 Å². The summed E-state index contributed by atoms with van der Waals surface area (Å²) in [7, 11) is 1.48. The van der Waals surface area contributed by atoms with Crippen molar-refractivity contribution in [2.75, 3.05) is 39.8 Å². The van der Waals surface area contributed by atoms with Crippen molar-refractivity contribution in [1.29, 1.82) is 0 Å². The lowest BCUT2D eigenvalue weighted by atomic mass is 9.98. The lowest BCUT2D eigenvalue weighted by Gasteiger charge is -2.32. The molecule has 0 aliphatic carbocycles. The van der Waals surface area contributed by atoms with Crippen LogP contribution in [0, 0.1) is 11.7 Å². The summed E-state index contributed by atoms with van der Waals surface area (Å²) in [5.74, 6) is -2.17. The molecule has 8 nitrogen and oxygen atoms in total. The van der Waals surface area contributed by atoms with Crippen LogP contribution < -0.4 is 5.32 Å². The summed E-state index contributed by atoms with van der Waals surface area (Å²) in [6.45, 7) is 2.44. The van der Waals surface area contributed by atoms with Gasteiger partial charge in [0.2, 0.25) is 17.7 Å². The number of benzene rings is 1. The van der Waals surface area contributed by atoms with Crippen molar-refractivity contribution in [1.82, 2.24) is 15.1 Å². The molecule has 1 aromatic rings. The Hall–Kier alpha value is -2.97. The topological polar surface area (TPSA) is 96.0 Å². The van der Waals surface area contributed by atoms with Crippen molar-refractivity contribution < 1.29 is 28.3 Å². The molecule has 1 unspecified atom stereocenters. The minimum absolute atomic E-state index is 0.0449. The second-order valence-corrected chi connectivity index (χ2v) is 7.26. The number of esters is 1. The quantitative estimate of drug-likeness (QED) is 0.625. The zero-order valence-corrected chi connectivity index (χ0v) is 17.4. The van der Waals surface area contributed by atoms with Crippen LogP contribution in [0.25, 0.3) is 0 Å². The first-order chi connectivity index (χ1) is 14.3. The van der Waals surface area contributed by atoms with E-state index in [4.69, 9.17) is 4.74 Å². The van der Waals surface area contributed by atoms with Crippen LogP contribution >= 0.6 is 0 Å². The summed E-state index contributed by atoms with van der Waals surface area (Å²) in [5, 5.41) is 2.48. The van der Waals surface area contributed by atoms with E-state index in [0.29, 0.717) is 31.6 Å². The third-order valence-corrected chi connectivity index (χ3v) is 4.88. The Morgan fingerprint density at radius 3 is 2.77 bits per heavy atom. The van der Waals surface area contributed by atoms with E-state index in [0.717, 1.165) is 0 Å². The number of ether oxygens (including phenoxy) is 1. The summed E-state index contributed by atoms with van der Waals surface area (Å²) >= 11 is 0. The van der Waals surface area contributed by atoms with Crippen LogP contribution in [0.2, 0.25) is 0 Å². The lowest BCUT2D eigenvalue weighted by molar-refractivity contribution is -0.152. The fourth-order valence-corrected chi connectivity index (χ4v) is 3.25. The summed E-state index contributed by atoms with van der Waals surface area (Å²) in [4.78, 5) is 51.4. The van der Waals surface area contributed by atoms with Crippen molar-refractivity contribution in [3.05, 3.63) is 35.6 Å². The molecule has 164 valence electrons. The predicted octanol–water partition coefficient (Wildman–Crippen LogP) is 0.745. The first-order valence-electron chi connectivity index (χ1n) is 9.99. The fourth-order valence-electron chi connectivity index (χ4n) is 3.25. The molecule has 1 atom stereocenters. The Morgan fingerprint density at radius 2 is 2.07 bits per heavy atom. The maximum atomic E-state index is 13.2. The van der Waals surface area contributed by atoms with E-state index >= 15 is 0 Å². The van der Waals surface area contributed by atoms with Gasteiger partial charge in [0.15, 0.2) is 0 Å². The molecule has 1 aliphatic heterocycles. The molecule has 9 heteroatoms. The molecule has 2 rings (SSSR count). The number of hydrogen-bond donors (Lipinski definition) is 1. The van der Waals surface area contributed by atoms with E-state index in [1.807, 2.05) is 0 Å². The van der Waals surface area contributed by atoms with Crippen molar-refractivity contribution in [2.45, 2.75) is 26.2 Å². The second-order valence-electron chi connectivity index (χ2n) is 7.26. The highest BCUT2D eigenvalue weighted by molar-refractivity contribution is 5.88. The highest BCUT2D eigenvalue weighted by atomic mass is 19.1. The maximum Gasteiger partial charge on any atom is 0.310 e. The average molecular weight is 421 g/mol. The number of nitrogens with zero attached hydrogens (tertiary/aromatic N) is 2. The van der Waals surface area contributed by atoms with Crippen LogP contribution in [0.5, 0.6) is 0 Å². The molecule has 0 bridgehead atoms. The molecular formula is C21H28FN3O5. The zero-order chi connectivity index (χ0) is 22.1. The molecule has 0 saturated carbocycles.